The molecule has 0 fully saturated rings. The Kier molecular flexibility index (Phi) is 7.61. The minimum atomic E-state index is -0.691. The maximum atomic E-state index is 13.5. The van der Waals surface area contributed by atoms with E-state index in [0.29, 0.717) is 29.5 Å². The van der Waals surface area contributed by atoms with Crippen LogP contribution in [0.25, 0.3) is 0 Å². The molecule has 0 N–H and O–H groups in total. The van der Waals surface area contributed by atoms with Crippen molar-refractivity contribution in [2.45, 2.75) is 39.3 Å². The first kappa shape index (κ1) is 24.6. The van der Waals surface area contributed by atoms with E-state index in [1.54, 1.807) is 11.0 Å². The van der Waals surface area contributed by atoms with E-state index >= 15 is 0 Å². The summed E-state index contributed by atoms with van der Waals surface area (Å²) in [5.74, 6) is 0.836. The third-order valence-electron chi connectivity index (χ3n) is 5.92. The quantitative estimate of drug-likeness (QED) is 0.391. The van der Waals surface area contributed by atoms with Gasteiger partial charge in [0.2, 0.25) is 0 Å². The number of rotatable bonds is 8. The molecule has 1 aliphatic rings. The maximum Gasteiger partial charge on any atom is 0.310 e. The molecule has 4 rings (SSSR count). The second kappa shape index (κ2) is 10.8. The third-order valence-corrected chi connectivity index (χ3v) is 6.17. The van der Waals surface area contributed by atoms with Crippen molar-refractivity contribution in [3.8, 4) is 11.5 Å². The van der Waals surface area contributed by atoms with Crippen LogP contribution in [0.4, 0.5) is 5.69 Å². The molecule has 0 aromatic heterocycles. The Morgan fingerprint density at radius 2 is 1.83 bits per heavy atom. The third kappa shape index (κ3) is 5.77. The fourth-order valence-corrected chi connectivity index (χ4v) is 4.31. The van der Waals surface area contributed by atoms with Gasteiger partial charge in [0.1, 0.15) is 11.5 Å². The molecule has 0 aliphatic carbocycles. The number of benzene rings is 3. The number of nitrogens with zero attached hydrogens (tertiary/aromatic N) is 1. The Labute approximate surface area is 210 Å². The molecular formula is C28H28ClNO5. The Hall–Kier alpha value is -3.51. The minimum Gasteiger partial charge on any atom is -0.493 e. The van der Waals surface area contributed by atoms with Crippen molar-refractivity contribution < 1.29 is 23.8 Å². The van der Waals surface area contributed by atoms with Crippen molar-refractivity contribution in [1.82, 2.24) is 0 Å². The fraction of sp³-hybridized carbons (Fsp3) is 0.286. The van der Waals surface area contributed by atoms with Gasteiger partial charge in [-0.3, -0.25) is 9.59 Å². The van der Waals surface area contributed by atoms with E-state index < -0.39 is 6.10 Å². The summed E-state index contributed by atoms with van der Waals surface area (Å²) >= 11 is 6.04. The summed E-state index contributed by atoms with van der Waals surface area (Å²) in [5.41, 5.74) is 4.51. The average molecular weight is 494 g/mol. The number of carbonyl (C=O) groups is 2. The molecule has 3 aromatic carbocycles. The zero-order valence-corrected chi connectivity index (χ0v) is 20.8. The summed E-state index contributed by atoms with van der Waals surface area (Å²) < 4.78 is 16.9. The van der Waals surface area contributed by atoms with Gasteiger partial charge < -0.3 is 19.1 Å². The van der Waals surface area contributed by atoms with Gasteiger partial charge in [-0.25, -0.2) is 0 Å². The summed E-state index contributed by atoms with van der Waals surface area (Å²) in [6.07, 6.45) is -0.217. The lowest BCUT2D eigenvalue weighted by Gasteiger charge is -2.35. The summed E-state index contributed by atoms with van der Waals surface area (Å²) in [6, 6.07) is 18.8. The molecule has 0 radical (unpaired) electrons. The number of amides is 1. The van der Waals surface area contributed by atoms with Crippen LogP contribution in [0.2, 0.25) is 5.02 Å². The van der Waals surface area contributed by atoms with Crippen LogP contribution in [0, 0.1) is 13.8 Å². The molecule has 1 amide bonds. The van der Waals surface area contributed by atoms with Crippen LogP contribution in [-0.2, 0) is 27.3 Å². The van der Waals surface area contributed by atoms with Crippen LogP contribution in [0.3, 0.4) is 0 Å². The van der Waals surface area contributed by atoms with Gasteiger partial charge in [0, 0.05) is 17.0 Å². The van der Waals surface area contributed by atoms with E-state index in [1.807, 2.05) is 68.4 Å². The Morgan fingerprint density at radius 1 is 1.09 bits per heavy atom. The average Bonchev–Trinajstić information content (AvgIpc) is 2.84. The molecule has 3 aromatic rings. The first-order valence-electron chi connectivity index (χ1n) is 11.5. The lowest BCUT2D eigenvalue weighted by molar-refractivity contribution is -0.139. The molecular weight excluding hydrogens is 466 g/mol. The van der Waals surface area contributed by atoms with Crippen LogP contribution >= 0.6 is 11.6 Å². The van der Waals surface area contributed by atoms with Gasteiger partial charge in [-0.15, -0.1) is 0 Å². The van der Waals surface area contributed by atoms with Crippen molar-refractivity contribution in [2.24, 2.45) is 0 Å². The second-order valence-electron chi connectivity index (χ2n) is 8.59. The number of hydrogen-bond donors (Lipinski definition) is 0. The lowest BCUT2D eigenvalue weighted by Crippen LogP contribution is -2.46. The highest BCUT2D eigenvalue weighted by atomic mass is 35.5. The predicted molar refractivity (Wildman–Crippen MR) is 135 cm³/mol. The molecule has 1 unspecified atom stereocenters. The minimum absolute atomic E-state index is 0.117. The first-order valence-corrected chi connectivity index (χ1v) is 11.8. The molecule has 0 saturated heterocycles. The number of carbonyl (C=O) groups excluding carboxylic acids is 2. The van der Waals surface area contributed by atoms with Gasteiger partial charge in [-0.1, -0.05) is 48.0 Å². The number of aryl methyl sites for hydroxylation is 2. The van der Waals surface area contributed by atoms with Gasteiger partial charge in [0.15, 0.2) is 6.10 Å². The maximum absolute atomic E-state index is 13.5. The zero-order valence-electron chi connectivity index (χ0n) is 20.0. The van der Waals surface area contributed by atoms with E-state index in [0.717, 1.165) is 27.9 Å². The van der Waals surface area contributed by atoms with Crippen molar-refractivity contribution in [2.75, 3.05) is 18.6 Å². The van der Waals surface area contributed by atoms with Crippen molar-refractivity contribution >= 4 is 29.2 Å². The van der Waals surface area contributed by atoms with Gasteiger partial charge in [-0.05, 0) is 54.8 Å². The largest absolute Gasteiger partial charge is 0.493 e. The SMILES string of the molecule is COC(=O)Cc1ccccc1OCCC1Oc2c(C)cc(C)cc2N(Cc2ccc(Cl)cc2)C1=O. The number of fused-ring (bicyclic) bond motifs is 1. The highest BCUT2D eigenvalue weighted by Gasteiger charge is 2.35. The molecule has 1 atom stereocenters. The number of anilines is 1. The summed E-state index contributed by atoms with van der Waals surface area (Å²) in [4.78, 5) is 27.0. The van der Waals surface area contributed by atoms with Crippen LogP contribution in [0.1, 0.15) is 28.7 Å². The zero-order chi connectivity index (χ0) is 24.9. The smallest absolute Gasteiger partial charge is 0.310 e. The molecule has 35 heavy (non-hydrogen) atoms. The molecule has 1 aliphatic heterocycles. The molecule has 0 bridgehead atoms. The van der Waals surface area contributed by atoms with Crippen molar-refractivity contribution in [3.63, 3.8) is 0 Å². The van der Waals surface area contributed by atoms with E-state index in [4.69, 9.17) is 25.8 Å². The Morgan fingerprint density at radius 3 is 2.57 bits per heavy atom. The number of methoxy groups -OCH3 is 1. The van der Waals surface area contributed by atoms with Gasteiger partial charge in [0.05, 0.1) is 32.4 Å². The fourth-order valence-electron chi connectivity index (χ4n) is 4.18. The number of ether oxygens (including phenoxy) is 3. The van der Waals surface area contributed by atoms with Crippen LogP contribution in [-0.4, -0.2) is 31.7 Å². The van der Waals surface area contributed by atoms with E-state index in [-0.39, 0.29) is 24.9 Å². The van der Waals surface area contributed by atoms with E-state index in [1.165, 1.54) is 7.11 Å². The monoisotopic (exact) mass is 493 g/mol. The Bertz CT molecular complexity index is 1220. The summed E-state index contributed by atoms with van der Waals surface area (Å²) in [5, 5.41) is 0.650. The second-order valence-corrected chi connectivity index (χ2v) is 9.02. The van der Waals surface area contributed by atoms with Gasteiger partial charge >= 0.3 is 5.97 Å². The standard InChI is InChI=1S/C28H28ClNO5/c1-18-14-19(2)27-23(15-18)30(17-20-8-10-22(29)11-9-20)28(32)25(35-27)12-13-34-24-7-5-4-6-21(24)16-26(31)33-3/h4-11,14-15,25H,12-13,16-17H2,1-3H3. The molecule has 6 nitrogen and oxygen atoms in total. The van der Waals surface area contributed by atoms with Gasteiger partial charge in [0.25, 0.3) is 5.91 Å². The van der Waals surface area contributed by atoms with Crippen molar-refractivity contribution in [3.05, 3.63) is 87.9 Å². The molecule has 7 heteroatoms. The predicted octanol–water partition coefficient (Wildman–Crippen LogP) is 5.44. The molecule has 0 spiro atoms. The van der Waals surface area contributed by atoms with E-state index in [9.17, 15) is 9.59 Å². The van der Waals surface area contributed by atoms with Gasteiger partial charge in [-0.2, -0.15) is 0 Å². The highest BCUT2D eigenvalue weighted by Crippen LogP contribution is 2.39. The van der Waals surface area contributed by atoms with Crippen LogP contribution < -0.4 is 14.4 Å². The lowest BCUT2D eigenvalue weighted by atomic mass is 10.0. The number of hydrogen-bond acceptors (Lipinski definition) is 5. The number of para-hydroxylation sites is 1. The highest BCUT2D eigenvalue weighted by molar-refractivity contribution is 6.30. The topological polar surface area (TPSA) is 65.1 Å². The molecule has 0 saturated carbocycles. The van der Waals surface area contributed by atoms with E-state index in [2.05, 4.69) is 0 Å². The first-order chi connectivity index (χ1) is 16.9. The van der Waals surface area contributed by atoms with Crippen molar-refractivity contribution in [1.29, 1.82) is 0 Å². The Balaban J connectivity index is 1.52. The normalized spacial score (nSPS) is 14.8. The number of halogens is 1. The number of esters is 1. The summed E-state index contributed by atoms with van der Waals surface area (Å²) in [7, 11) is 1.36. The summed E-state index contributed by atoms with van der Waals surface area (Å²) in [6.45, 7) is 4.65. The van der Waals surface area contributed by atoms with Crippen LogP contribution in [0.5, 0.6) is 11.5 Å². The van der Waals surface area contributed by atoms with Crippen LogP contribution in [0.15, 0.2) is 60.7 Å². The molecule has 182 valence electrons. The molecule has 1 heterocycles.